The maximum absolute atomic E-state index is 8.85. The Morgan fingerprint density at radius 1 is 0.282 bits per heavy atom. The van der Waals surface area contributed by atoms with Crippen LogP contribution in [0.3, 0.4) is 0 Å². The number of hydrogen-bond acceptors (Lipinski definition) is 3. The standard InChI is InChI=1S/C72H66BBr9O3/c1-4-7-37-67(49-19-10-28-58(74)40-49)70(52-22-13-31-61(77)43-52,53-23-14-32-62(78)44-53)83-73(84-71(54-24-15-33-63(79)45-54,55-25-16-34-64(80)46-55)68(38-8-5-2)50-20-11-29-59(75)41-50)85-72(56-26-17-35-65(81)47-56,57-27-18-36-66(82)48-57)69(39-9-6-3)51-21-12-30-60(76)42-51/h10-36,40-48,67-69H,4-9,37-39H2,1-3H3. The topological polar surface area (TPSA) is 27.7 Å². The van der Waals surface area contributed by atoms with Crippen molar-refractivity contribution in [1.29, 1.82) is 0 Å². The normalized spacial score (nSPS) is 13.1. The highest BCUT2D eigenvalue weighted by molar-refractivity contribution is 9.12. The molecule has 0 aromatic heterocycles. The molecule has 0 saturated carbocycles. The van der Waals surface area contributed by atoms with Crippen LogP contribution in [0.15, 0.2) is 259 Å². The van der Waals surface area contributed by atoms with Crippen LogP contribution in [0.25, 0.3) is 0 Å². The van der Waals surface area contributed by atoms with Gasteiger partial charge in [-0.1, -0.05) is 312 Å². The van der Waals surface area contributed by atoms with Crippen LogP contribution in [0.5, 0.6) is 0 Å². The van der Waals surface area contributed by atoms with E-state index in [1.165, 1.54) is 0 Å². The van der Waals surface area contributed by atoms with Gasteiger partial charge in [-0.05, 0) is 179 Å². The fourth-order valence-corrected chi connectivity index (χ4v) is 16.1. The Kier molecular flexibility index (Phi) is 24.6. The lowest BCUT2D eigenvalue weighted by molar-refractivity contribution is -0.0892. The Balaban J connectivity index is 1.52. The minimum atomic E-state index is -1.52. The minimum absolute atomic E-state index is 0.331. The smallest absolute Gasteiger partial charge is 0.371 e. The Morgan fingerprint density at radius 3 is 0.647 bits per heavy atom. The summed E-state index contributed by atoms with van der Waals surface area (Å²) < 4.78 is 34.9. The van der Waals surface area contributed by atoms with Crippen molar-refractivity contribution in [3.63, 3.8) is 0 Å². The third-order valence-corrected chi connectivity index (χ3v) is 20.6. The summed E-state index contributed by atoms with van der Waals surface area (Å²) in [4.78, 5) is 0. The van der Waals surface area contributed by atoms with Gasteiger partial charge in [0.2, 0.25) is 0 Å². The molecule has 13 heteroatoms. The molecule has 0 saturated heterocycles. The highest BCUT2D eigenvalue weighted by atomic mass is 79.9. The zero-order chi connectivity index (χ0) is 60.1. The van der Waals surface area contributed by atoms with Crippen LogP contribution in [0.4, 0.5) is 0 Å². The Hall–Kier alpha value is -2.76. The lowest BCUT2D eigenvalue weighted by atomic mass is 9.68. The van der Waals surface area contributed by atoms with E-state index in [2.05, 4.69) is 383 Å². The van der Waals surface area contributed by atoms with Gasteiger partial charge in [0.25, 0.3) is 0 Å². The third kappa shape index (κ3) is 15.7. The molecule has 9 aromatic carbocycles. The van der Waals surface area contributed by atoms with Gasteiger partial charge in [-0.2, -0.15) is 0 Å². The van der Waals surface area contributed by atoms with Gasteiger partial charge < -0.3 is 14.0 Å². The van der Waals surface area contributed by atoms with Crippen molar-refractivity contribution >= 4 is 151 Å². The zero-order valence-electron chi connectivity index (χ0n) is 47.6. The molecule has 0 bridgehead atoms. The first kappa shape index (κ1) is 66.7. The fraction of sp³-hybridized carbons (Fsp3) is 0.250. The quantitative estimate of drug-likeness (QED) is 0.0480. The molecule has 0 heterocycles. The third-order valence-electron chi connectivity index (χ3n) is 16.1. The van der Waals surface area contributed by atoms with Crippen LogP contribution in [0.2, 0.25) is 0 Å². The van der Waals surface area contributed by atoms with Crippen LogP contribution in [-0.2, 0) is 30.8 Å². The van der Waals surface area contributed by atoms with E-state index in [0.29, 0.717) is 0 Å². The second kappa shape index (κ2) is 31.3. The first-order valence-electron chi connectivity index (χ1n) is 29.0. The number of rotatable bonds is 27. The summed E-state index contributed by atoms with van der Waals surface area (Å²) in [6.45, 7) is 6.79. The molecule has 0 amide bonds. The van der Waals surface area contributed by atoms with Gasteiger partial charge in [0.05, 0.1) is 0 Å². The maximum Gasteiger partial charge on any atom is 0.642 e. The summed E-state index contributed by atoms with van der Waals surface area (Å²) in [6.07, 6.45) is 7.81. The van der Waals surface area contributed by atoms with Gasteiger partial charge in [0, 0.05) is 58.0 Å². The molecular weight excluding hydrogens is 1640 g/mol. The Morgan fingerprint density at radius 2 is 0.471 bits per heavy atom. The van der Waals surface area contributed by atoms with Crippen molar-refractivity contribution in [1.82, 2.24) is 0 Å². The van der Waals surface area contributed by atoms with Gasteiger partial charge >= 0.3 is 7.32 Å². The van der Waals surface area contributed by atoms with Crippen molar-refractivity contribution in [2.45, 2.75) is 113 Å². The van der Waals surface area contributed by atoms with Crippen LogP contribution in [0, 0.1) is 0 Å². The summed E-state index contributed by atoms with van der Waals surface area (Å²) in [5, 5.41) is 0. The molecule has 0 N–H and O–H groups in total. The van der Waals surface area contributed by atoms with Crippen LogP contribution >= 0.6 is 143 Å². The van der Waals surface area contributed by atoms with E-state index < -0.39 is 24.1 Å². The molecule has 9 rings (SSSR count). The van der Waals surface area contributed by atoms with Crippen LogP contribution in [0.1, 0.15) is 146 Å². The lowest BCUT2D eigenvalue weighted by Gasteiger charge is -2.50. The average molecular weight is 1710 g/mol. The molecule has 85 heavy (non-hydrogen) atoms. The SMILES string of the molecule is CCCCC(c1cccc(Br)c1)C(OB(OC(c1cccc(Br)c1)(c1cccc(Br)c1)C(CCCC)c1cccc(Br)c1)OC(c1cccc(Br)c1)(c1cccc(Br)c1)C(CCCC)c1cccc(Br)c1)(c1cccc(Br)c1)c1cccc(Br)c1. The van der Waals surface area contributed by atoms with Crippen molar-refractivity contribution < 1.29 is 14.0 Å². The second-order valence-electron chi connectivity index (χ2n) is 21.7. The first-order valence-corrected chi connectivity index (χ1v) is 36.1. The molecule has 3 unspecified atom stereocenters. The number of unbranched alkanes of at least 4 members (excludes halogenated alkanes) is 3. The molecule has 9 aromatic rings. The maximum atomic E-state index is 8.85. The van der Waals surface area contributed by atoms with E-state index in [0.717, 1.165) is 148 Å². The first-order chi connectivity index (χ1) is 41.1. The summed E-state index contributed by atoms with van der Waals surface area (Å²) in [6, 6.07) is 78.0. The minimum Gasteiger partial charge on any atom is -0.371 e. The van der Waals surface area contributed by atoms with Crippen LogP contribution in [-0.4, -0.2) is 7.32 Å². The monoisotopic (exact) mass is 1700 g/mol. The van der Waals surface area contributed by atoms with Crippen molar-refractivity contribution in [3.05, 3.63) is 309 Å². The number of hydrogen-bond donors (Lipinski definition) is 0. The Bertz CT molecular complexity index is 3160. The van der Waals surface area contributed by atoms with E-state index in [1.807, 2.05) is 0 Å². The van der Waals surface area contributed by atoms with E-state index in [9.17, 15) is 0 Å². The van der Waals surface area contributed by atoms with Crippen molar-refractivity contribution in [2.75, 3.05) is 0 Å². The predicted octanol–water partition coefficient (Wildman–Crippen LogP) is 25.6. The molecule has 0 spiro atoms. The average Bonchev–Trinajstić information content (AvgIpc) is 1.59. The zero-order valence-corrected chi connectivity index (χ0v) is 61.9. The molecule has 0 aliphatic rings. The molecular formula is C72H66BBr9O3. The van der Waals surface area contributed by atoms with Gasteiger partial charge in [0.15, 0.2) is 0 Å². The second-order valence-corrected chi connectivity index (χ2v) is 29.9. The largest absolute Gasteiger partial charge is 0.642 e. The fourth-order valence-electron chi connectivity index (χ4n) is 12.4. The summed E-state index contributed by atoms with van der Waals surface area (Å²) in [7, 11) is -1.52. The molecule has 3 atom stereocenters. The molecule has 0 aliphatic heterocycles. The Labute approximate surface area is 580 Å². The van der Waals surface area contributed by atoms with Gasteiger partial charge in [-0.3, -0.25) is 0 Å². The predicted molar refractivity (Wildman–Crippen MR) is 385 cm³/mol. The van der Waals surface area contributed by atoms with Crippen molar-refractivity contribution in [3.8, 4) is 0 Å². The van der Waals surface area contributed by atoms with E-state index in [4.69, 9.17) is 14.0 Å². The van der Waals surface area contributed by atoms with Crippen LogP contribution < -0.4 is 0 Å². The molecule has 0 aliphatic carbocycles. The summed E-state index contributed by atoms with van der Waals surface area (Å²) >= 11 is 36.0. The van der Waals surface area contributed by atoms with Gasteiger partial charge in [0.1, 0.15) is 16.8 Å². The highest BCUT2D eigenvalue weighted by Gasteiger charge is 2.57. The summed E-state index contributed by atoms with van der Waals surface area (Å²) in [5.74, 6) is -0.993. The molecule has 0 fully saturated rings. The highest BCUT2D eigenvalue weighted by Crippen LogP contribution is 2.57. The van der Waals surface area contributed by atoms with E-state index in [-0.39, 0.29) is 17.8 Å². The molecule has 438 valence electrons. The van der Waals surface area contributed by atoms with E-state index >= 15 is 0 Å². The molecule has 0 radical (unpaired) electrons. The van der Waals surface area contributed by atoms with Crippen molar-refractivity contribution in [2.24, 2.45) is 0 Å². The number of benzene rings is 9. The van der Waals surface area contributed by atoms with Gasteiger partial charge in [-0.15, -0.1) is 0 Å². The van der Waals surface area contributed by atoms with E-state index in [1.54, 1.807) is 0 Å². The molecule has 3 nitrogen and oxygen atoms in total. The summed E-state index contributed by atoms with van der Waals surface area (Å²) in [5.41, 5.74) is 4.80. The van der Waals surface area contributed by atoms with Gasteiger partial charge in [-0.25, -0.2) is 0 Å². The lowest BCUT2D eigenvalue weighted by Crippen LogP contribution is -2.54. The number of halogens is 9.